The van der Waals surface area contributed by atoms with E-state index in [1.807, 2.05) is 30.3 Å². The molecule has 1 aromatic heterocycles. The van der Waals surface area contributed by atoms with Gasteiger partial charge in [-0.1, -0.05) is 30.3 Å². The van der Waals surface area contributed by atoms with Crippen LogP contribution in [-0.4, -0.2) is 30.9 Å². The monoisotopic (exact) mass is 500 g/mol. The summed E-state index contributed by atoms with van der Waals surface area (Å²) in [7, 11) is 4.85. The van der Waals surface area contributed by atoms with Crippen LogP contribution < -0.4 is 14.2 Å². The number of benzene rings is 3. The molecule has 0 aliphatic heterocycles. The van der Waals surface area contributed by atoms with Crippen molar-refractivity contribution in [3.8, 4) is 28.6 Å². The Hall–Kier alpha value is -2.74. The summed E-state index contributed by atoms with van der Waals surface area (Å²) < 4.78 is 20.0. The second kappa shape index (κ2) is 8.32. The third-order valence-corrected chi connectivity index (χ3v) is 5.92. The molecular weight excluding hydrogens is 479 g/mol. The van der Waals surface area contributed by atoms with Gasteiger partial charge in [-0.05, 0) is 58.5 Å². The van der Waals surface area contributed by atoms with Gasteiger partial charge in [-0.3, -0.25) is 0 Å². The zero-order valence-electron chi connectivity index (χ0n) is 16.5. The predicted molar refractivity (Wildman–Crippen MR) is 123 cm³/mol. The number of methoxy groups -OCH3 is 3. The molecule has 3 aromatic carbocycles. The van der Waals surface area contributed by atoms with E-state index < -0.39 is 0 Å². The van der Waals surface area contributed by atoms with Crippen LogP contribution >= 0.6 is 22.6 Å². The van der Waals surface area contributed by atoms with Crippen LogP contribution in [0.1, 0.15) is 5.56 Å². The minimum Gasteiger partial charge on any atom is -0.493 e. The van der Waals surface area contributed by atoms with Gasteiger partial charge < -0.3 is 18.8 Å². The van der Waals surface area contributed by atoms with E-state index in [2.05, 4.69) is 57.5 Å². The highest BCUT2D eigenvalue weighted by Crippen LogP contribution is 2.41. The van der Waals surface area contributed by atoms with Gasteiger partial charge in [-0.25, -0.2) is 4.98 Å². The third-order valence-electron chi connectivity index (χ3n) is 4.86. The van der Waals surface area contributed by atoms with Gasteiger partial charge in [0.05, 0.1) is 38.9 Å². The van der Waals surface area contributed by atoms with E-state index in [0.717, 1.165) is 22.4 Å². The van der Waals surface area contributed by atoms with E-state index in [4.69, 9.17) is 19.2 Å². The Labute approximate surface area is 183 Å². The summed E-state index contributed by atoms with van der Waals surface area (Å²) in [5.74, 6) is 2.63. The molecule has 0 bridgehead atoms. The van der Waals surface area contributed by atoms with Crippen LogP contribution in [0.4, 0.5) is 0 Å². The Morgan fingerprint density at radius 2 is 1.52 bits per heavy atom. The predicted octanol–water partition coefficient (Wildman–Crippen LogP) is 5.38. The lowest BCUT2D eigenvalue weighted by atomic mass is 10.1. The van der Waals surface area contributed by atoms with Crippen LogP contribution in [0.5, 0.6) is 17.2 Å². The minimum absolute atomic E-state index is 0.569. The summed E-state index contributed by atoms with van der Waals surface area (Å²) >= 11 is 2.38. The highest BCUT2D eigenvalue weighted by Gasteiger charge is 2.19. The van der Waals surface area contributed by atoms with Crippen LogP contribution in [0.3, 0.4) is 0 Å². The van der Waals surface area contributed by atoms with Crippen LogP contribution in [0.25, 0.3) is 22.4 Å². The van der Waals surface area contributed by atoms with Crippen LogP contribution in [-0.2, 0) is 6.54 Å². The number of nitrogens with zero attached hydrogens (tertiary/aromatic N) is 2. The van der Waals surface area contributed by atoms with Gasteiger partial charge in [-0.15, -0.1) is 0 Å². The fourth-order valence-electron chi connectivity index (χ4n) is 3.46. The van der Waals surface area contributed by atoms with Gasteiger partial charge in [0, 0.05) is 9.13 Å². The number of aromatic nitrogens is 2. The maximum Gasteiger partial charge on any atom is 0.203 e. The average Bonchev–Trinajstić information content (AvgIpc) is 3.12. The molecule has 0 radical (unpaired) electrons. The number of hydrogen-bond acceptors (Lipinski definition) is 4. The van der Waals surface area contributed by atoms with Crippen molar-refractivity contribution in [2.75, 3.05) is 21.3 Å². The van der Waals surface area contributed by atoms with Gasteiger partial charge in [-0.2, -0.15) is 0 Å². The normalized spacial score (nSPS) is 10.9. The van der Waals surface area contributed by atoms with Crippen molar-refractivity contribution in [2.24, 2.45) is 0 Å². The molecule has 0 fully saturated rings. The molecule has 1 heterocycles. The fraction of sp³-hybridized carbons (Fsp3) is 0.174. The quantitative estimate of drug-likeness (QED) is 0.334. The lowest BCUT2D eigenvalue weighted by molar-refractivity contribution is 0.324. The van der Waals surface area contributed by atoms with Crippen molar-refractivity contribution in [2.45, 2.75) is 6.54 Å². The van der Waals surface area contributed by atoms with E-state index in [1.165, 1.54) is 9.13 Å². The topological polar surface area (TPSA) is 45.5 Å². The summed E-state index contributed by atoms with van der Waals surface area (Å²) in [5.41, 5.74) is 4.17. The fourth-order valence-corrected chi connectivity index (χ4v) is 4.02. The van der Waals surface area contributed by atoms with E-state index in [1.54, 1.807) is 21.3 Å². The lowest BCUT2D eigenvalue weighted by Gasteiger charge is -2.15. The molecule has 0 unspecified atom stereocenters. The summed E-state index contributed by atoms with van der Waals surface area (Å²) in [4.78, 5) is 4.92. The van der Waals surface area contributed by atoms with Gasteiger partial charge in [0.15, 0.2) is 11.5 Å². The first kappa shape index (κ1) is 19.6. The number of ether oxygens (including phenoxy) is 3. The highest BCUT2D eigenvalue weighted by atomic mass is 127. The summed E-state index contributed by atoms with van der Waals surface area (Å²) in [5, 5.41) is 0. The zero-order chi connectivity index (χ0) is 20.4. The zero-order valence-corrected chi connectivity index (χ0v) is 18.6. The first-order valence-electron chi connectivity index (χ1n) is 9.15. The largest absolute Gasteiger partial charge is 0.493 e. The first-order valence-corrected chi connectivity index (χ1v) is 10.2. The molecule has 4 rings (SSSR count). The highest BCUT2D eigenvalue weighted by molar-refractivity contribution is 14.1. The Kier molecular flexibility index (Phi) is 5.62. The molecule has 6 heteroatoms. The van der Waals surface area contributed by atoms with Crippen LogP contribution in [0.15, 0.2) is 60.7 Å². The summed E-state index contributed by atoms with van der Waals surface area (Å²) in [6.07, 6.45) is 0. The van der Waals surface area contributed by atoms with Crippen LogP contribution in [0, 0.1) is 3.57 Å². The number of imidazole rings is 1. The molecule has 0 aliphatic rings. The molecule has 5 nitrogen and oxygen atoms in total. The number of fused-ring (bicyclic) bond motifs is 1. The Morgan fingerprint density at radius 3 is 2.17 bits per heavy atom. The second-order valence-electron chi connectivity index (χ2n) is 6.52. The maximum atomic E-state index is 5.55. The van der Waals surface area contributed by atoms with E-state index >= 15 is 0 Å². The number of halogens is 1. The Balaban J connectivity index is 1.94. The lowest BCUT2D eigenvalue weighted by Crippen LogP contribution is -2.04. The molecule has 29 heavy (non-hydrogen) atoms. The molecule has 0 aliphatic carbocycles. The van der Waals surface area contributed by atoms with Crippen molar-refractivity contribution in [1.82, 2.24) is 9.55 Å². The van der Waals surface area contributed by atoms with Crippen molar-refractivity contribution in [3.63, 3.8) is 0 Å². The van der Waals surface area contributed by atoms with E-state index in [9.17, 15) is 0 Å². The molecule has 0 atom stereocenters. The molecule has 4 aromatic rings. The van der Waals surface area contributed by atoms with E-state index in [-0.39, 0.29) is 0 Å². The van der Waals surface area contributed by atoms with Gasteiger partial charge in [0.2, 0.25) is 5.75 Å². The number of rotatable bonds is 6. The van der Waals surface area contributed by atoms with Crippen molar-refractivity contribution >= 4 is 33.6 Å². The smallest absolute Gasteiger partial charge is 0.203 e. The maximum absolute atomic E-state index is 5.55. The molecule has 0 saturated heterocycles. The standard InChI is InChI=1S/C23H21IN2O3/c1-27-20-12-16(13-21(28-2)22(20)29-3)23-25-18-10-6-7-11-19(18)26(23)14-15-8-4-5-9-17(15)24/h4-13H,14H2,1-3H3. The molecule has 0 amide bonds. The molecule has 0 saturated carbocycles. The summed E-state index contributed by atoms with van der Waals surface area (Å²) in [6, 6.07) is 20.4. The average molecular weight is 500 g/mol. The molecule has 148 valence electrons. The van der Waals surface area contributed by atoms with Crippen molar-refractivity contribution < 1.29 is 14.2 Å². The Morgan fingerprint density at radius 1 is 0.862 bits per heavy atom. The third kappa shape index (κ3) is 3.64. The first-order chi connectivity index (χ1) is 14.2. The summed E-state index contributed by atoms with van der Waals surface area (Å²) in [6.45, 7) is 0.714. The number of hydrogen-bond donors (Lipinski definition) is 0. The van der Waals surface area contributed by atoms with Gasteiger partial charge >= 0.3 is 0 Å². The van der Waals surface area contributed by atoms with Gasteiger partial charge in [0.1, 0.15) is 5.82 Å². The molecule has 0 spiro atoms. The molecule has 0 N–H and O–H groups in total. The van der Waals surface area contributed by atoms with E-state index in [0.29, 0.717) is 23.8 Å². The van der Waals surface area contributed by atoms with Crippen molar-refractivity contribution in [1.29, 1.82) is 0 Å². The van der Waals surface area contributed by atoms with Crippen molar-refractivity contribution in [3.05, 3.63) is 69.8 Å². The molecular formula is C23H21IN2O3. The number of para-hydroxylation sites is 2. The minimum atomic E-state index is 0.569. The van der Waals surface area contributed by atoms with Gasteiger partial charge in [0.25, 0.3) is 0 Å². The SMILES string of the molecule is COc1cc(-c2nc3ccccc3n2Cc2ccccc2I)cc(OC)c1OC. The second-order valence-corrected chi connectivity index (χ2v) is 7.68. The Bertz CT molecular complexity index is 1140. The van der Waals surface area contributed by atoms with Crippen LogP contribution in [0.2, 0.25) is 0 Å².